The van der Waals surface area contributed by atoms with E-state index in [0.29, 0.717) is 11.3 Å². The molecule has 5 heteroatoms. The van der Waals surface area contributed by atoms with Crippen LogP contribution in [0.25, 0.3) is 11.6 Å². The molecule has 0 radical (unpaired) electrons. The van der Waals surface area contributed by atoms with Crippen molar-refractivity contribution in [3.05, 3.63) is 71.2 Å². The number of aliphatic hydroxyl groups is 1. The molecule has 0 saturated carbocycles. The summed E-state index contributed by atoms with van der Waals surface area (Å²) in [7, 11) is 3.15. The van der Waals surface area contributed by atoms with Crippen molar-refractivity contribution in [2.45, 2.75) is 0 Å². The number of carbonyl (C=O) groups excluding carboxylic acids is 1. The quantitative estimate of drug-likeness (QED) is 0.871. The number of ether oxygens (including phenoxy) is 3. The third-order valence-electron chi connectivity index (χ3n) is 3.67. The zero-order chi connectivity index (χ0) is 17.1. The SMILES string of the molecule is COc1ccc(/C=C2\OC(=O)C(c3ccc(OC)cc3)=C2O)cc1. The Kier molecular flexibility index (Phi) is 4.24. The van der Waals surface area contributed by atoms with Crippen LogP contribution < -0.4 is 9.47 Å². The summed E-state index contributed by atoms with van der Waals surface area (Å²) in [5.74, 6) is 0.743. The van der Waals surface area contributed by atoms with Gasteiger partial charge in [-0.15, -0.1) is 0 Å². The van der Waals surface area contributed by atoms with Gasteiger partial charge in [0.1, 0.15) is 17.1 Å². The molecule has 0 aromatic heterocycles. The van der Waals surface area contributed by atoms with Crippen molar-refractivity contribution in [2.75, 3.05) is 14.2 Å². The number of esters is 1. The van der Waals surface area contributed by atoms with Gasteiger partial charge in [-0.1, -0.05) is 24.3 Å². The van der Waals surface area contributed by atoms with E-state index in [1.165, 1.54) is 0 Å². The van der Waals surface area contributed by atoms with Crippen molar-refractivity contribution in [3.63, 3.8) is 0 Å². The van der Waals surface area contributed by atoms with Gasteiger partial charge in [-0.25, -0.2) is 4.79 Å². The van der Waals surface area contributed by atoms with E-state index in [1.54, 1.807) is 68.8 Å². The van der Waals surface area contributed by atoms with Crippen LogP contribution in [0, 0.1) is 0 Å². The lowest BCUT2D eigenvalue weighted by molar-refractivity contribution is -0.131. The summed E-state index contributed by atoms with van der Waals surface area (Å²) >= 11 is 0. The first kappa shape index (κ1) is 15.7. The van der Waals surface area contributed by atoms with Gasteiger partial charge in [0.25, 0.3) is 0 Å². The van der Waals surface area contributed by atoms with Crippen molar-refractivity contribution in [2.24, 2.45) is 0 Å². The smallest absolute Gasteiger partial charge is 0.348 e. The van der Waals surface area contributed by atoms with E-state index in [4.69, 9.17) is 14.2 Å². The van der Waals surface area contributed by atoms with E-state index >= 15 is 0 Å². The van der Waals surface area contributed by atoms with Crippen molar-refractivity contribution < 1.29 is 24.1 Å². The highest BCUT2D eigenvalue weighted by molar-refractivity contribution is 6.20. The number of rotatable bonds is 4. The van der Waals surface area contributed by atoms with E-state index in [9.17, 15) is 9.90 Å². The largest absolute Gasteiger partial charge is 0.504 e. The molecule has 0 atom stereocenters. The second kappa shape index (κ2) is 6.50. The fraction of sp³-hybridized carbons (Fsp3) is 0.105. The van der Waals surface area contributed by atoms with Gasteiger partial charge < -0.3 is 19.3 Å². The van der Waals surface area contributed by atoms with Crippen molar-refractivity contribution in [1.82, 2.24) is 0 Å². The topological polar surface area (TPSA) is 65.0 Å². The molecule has 2 aromatic rings. The molecule has 122 valence electrons. The van der Waals surface area contributed by atoms with Gasteiger partial charge >= 0.3 is 5.97 Å². The normalized spacial score (nSPS) is 15.6. The Morgan fingerprint density at radius 1 is 0.917 bits per heavy atom. The van der Waals surface area contributed by atoms with Crippen LogP contribution in [-0.2, 0) is 9.53 Å². The summed E-state index contributed by atoms with van der Waals surface area (Å²) in [6, 6.07) is 14.0. The maximum Gasteiger partial charge on any atom is 0.348 e. The monoisotopic (exact) mass is 324 g/mol. The third-order valence-corrected chi connectivity index (χ3v) is 3.67. The molecule has 0 unspecified atom stereocenters. The Labute approximate surface area is 139 Å². The molecular weight excluding hydrogens is 308 g/mol. The van der Waals surface area contributed by atoms with Gasteiger partial charge in [-0.3, -0.25) is 0 Å². The molecule has 0 fully saturated rings. The Morgan fingerprint density at radius 3 is 2.00 bits per heavy atom. The lowest BCUT2D eigenvalue weighted by Gasteiger charge is -2.02. The summed E-state index contributed by atoms with van der Waals surface area (Å²) < 4.78 is 15.4. The maximum absolute atomic E-state index is 12.1. The number of carbonyl (C=O) groups is 1. The van der Waals surface area contributed by atoms with Crippen LogP contribution in [0.2, 0.25) is 0 Å². The van der Waals surface area contributed by atoms with Gasteiger partial charge in [-0.2, -0.15) is 0 Å². The zero-order valence-corrected chi connectivity index (χ0v) is 13.3. The first-order valence-electron chi connectivity index (χ1n) is 7.28. The summed E-state index contributed by atoms with van der Waals surface area (Å²) in [4.78, 5) is 12.1. The highest BCUT2D eigenvalue weighted by atomic mass is 16.6. The maximum atomic E-state index is 12.1. The minimum atomic E-state index is -0.586. The van der Waals surface area contributed by atoms with Crippen LogP contribution in [0.4, 0.5) is 0 Å². The molecule has 3 rings (SSSR count). The Balaban J connectivity index is 1.94. The second-order valence-electron chi connectivity index (χ2n) is 5.12. The van der Waals surface area contributed by atoms with Crippen LogP contribution >= 0.6 is 0 Å². The number of hydrogen-bond acceptors (Lipinski definition) is 5. The summed E-state index contributed by atoms with van der Waals surface area (Å²) in [5.41, 5.74) is 1.48. The second-order valence-corrected chi connectivity index (χ2v) is 5.12. The van der Waals surface area contributed by atoms with Gasteiger partial charge in [0.15, 0.2) is 11.5 Å². The molecule has 0 aliphatic carbocycles. The Morgan fingerprint density at radius 2 is 1.46 bits per heavy atom. The van der Waals surface area contributed by atoms with Crippen molar-refractivity contribution >= 4 is 17.6 Å². The van der Waals surface area contributed by atoms with E-state index in [0.717, 1.165) is 11.3 Å². The lowest BCUT2D eigenvalue weighted by atomic mass is 10.0. The van der Waals surface area contributed by atoms with Crippen LogP contribution in [-0.4, -0.2) is 25.3 Å². The zero-order valence-electron chi connectivity index (χ0n) is 13.3. The van der Waals surface area contributed by atoms with E-state index < -0.39 is 5.97 Å². The summed E-state index contributed by atoms with van der Waals surface area (Å²) in [5, 5.41) is 10.4. The van der Waals surface area contributed by atoms with Crippen molar-refractivity contribution in [3.8, 4) is 11.5 Å². The molecule has 0 saturated heterocycles. The van der Waals surface area contributed by atoms with Crippen molar-refractivity contribution in [1.29, 1.82) is 0 Å². The number of cyclic esters (lactones) is 1. The van der Waals surface area contributed by atoms with Gasteiger partial charge in [0.2, 0.25) is 0 Å². The molecule has 1 N–H and O–H groups in total. The average Bonchev–Trinajstić information content (AvgIpc) is 2.89. The van der Waals surface area contributed by atoms with Crippen LogP contribution in [0.3, 0.4) is 0 Å². The molecule has 24 heavy (non-hydrogen) atoms. The number of aliphatic hydroxyl groups excluding tert-OH is 1. The summed E-state index contributed by atoms with van der Waals surface area (Å²) in [6.07, 6.45) is 1.60. The first-order chi connectivity index (χ1) is 11.6. The van der Waals surface area contributed by atoms with Gasteiger partial charge in [-0.05, 0) is 41.5 Å². The fourth-order valence-electron chi connectivity index (χ4n) is 2.38. The van der Waals surface area contributed by atoms with E-state index in [1.807, 2.05) is 0 Å². The molecule has 1 heterocycles. The minimum Gasteiger partial charge on any atom is -0.504 e. The van der Waals surface area contributed by atoms with Gasteiger partial charge in [0.05, 0.1) is 14.2 Å². The predicted octanol–water partition coefficient (Wildman–Crippen LogP) is 3.57. The van der Waals surface area contributed by atoms with E-state index in [-0.39, 0.29) is 17.1 Å². The predicted molar refractivity (Wildman–Crippen MR) is 89.6 cm³/mol. The average molecular weight is 324 g/mol. The molecule has 1 aliphatic heterocycles. The van der Waals surface area contributed by atoms with Gasteiger partial charge in [0, 0.05) is 0 Å². The molecule has 0 amide bonds. The molecule has 5 nitrogen and oxygen atoms in total. The molecule has 1 aliphatic rings. The molecule has 0 spiro atoms. The molecular formula is C19H16O5. The number of hydrogen-bond donors (Lipinski definition) is 1. The third kappa shape index (κ3) is 2.96. The van der Waals surface area contributed by atoms with Crippen LogP contribution in [0.1, 0.15) is 11.1 Å². The highest BCUT2D eigenvalue weighted by Crippen LogP contribution is 2.33. The number of benzene rings is 2. The van der Waals surface area contributed by atoms with Crippen LogP contribution in [0.5, 0.6) is 11.5 Å². The van der Waals surface area contributed by atoms with E-state index in [2.05, 4.69) is 0 Å². The van der Waals surface area contributed by atoms with Crippen LogP contribution in [0.15, 0.2) is 60.0 Å². The highest BCUT2D eigenvalue weighted by Gasteiger charge is 2.31. The minimum absolute atomic E-state index is 0.121. The molecule has 0 bridgehead atoms. The number of methoxy groups -OCH3 is 2. The first-order valence-corrected chi connectivity index (χ1v) is 7.28. The molecule has 2 aromatic carbocycles. The lowest BCUT2D eigenvalue weighted by Crippen LogP contribution is -1.98. The Bertz CT molecular complexity index is 814. The Hall–Kier alpha value is -3.21. The summed E-state index contributed by atoms with van der Waals surface area (Å²) in [6.45, 7) is 0. The standard InChI is InChI=1S/C19H16O5/c1-22-14-7-3-12(4-8-14)11-16-18(20)17(19(21)24-16)13-5-9-15(23-2)10-6-13/h3-11,20H,1-2H3/b16-11-. The fourth-order valence-corrected chi connectivity index (χ4v) is 2.38.